The fraction of sp³-hybridized carbons (Fsp3) is 0.562. The van der Waals surface area contributed by atoms with Crippen molar-refractivity contribution in [3.8, 4) is 5.88 Å². The van der Waals surface area contributed by atoms with Gasteiger partial charge in [0.25, 0.3) is 5.91 Å². The predicted molar refractivity (Wildman–Crippen MR) is 170 cm³/mol. The van der Waals surface area contributed by atoms with E-state index in [1.165, 1.54) is 6.92 Å². The van der Waals surface area contributed by atoms with Crippen molar-refractivity contribution in [1.82, 2.24) is 30.2 Å². The number of nitrogens with zero attached hydrogens (tertiary/aromatic N) is 3. The number of aromatic nitrogens is 2. The largest absolute Gasteiger partial charge is 0.471 e. The second-order valence-electron chi connectivity index (χ2n) is 13.7. The minimum atomic E-state index is -5.10. The topological polar surface area (TPSA) is 197 Å². The van der Waals surface area contributed by atoms with Crippen molar-refractivity contribution in [2.75, 3.05) is 6.54 Å². The van der Waals surface area contributed by atoms with Gasteiger partial charge in [0.05, 0.1) is 16.8 Å². The molecular formula is C32H36F4N6O8S. The zero-order valence-electron chi connectivity index (χ0n) is 27.3. The summed E-state index contributed by atoms with van der Waals surface area (Å²) in [6.45, 7) is 0.972. The van der Waals surface area contributed by atoms with Crippen molar-refractivity contribution in [2.45, 2.75) is 99.4 Å². The minimum absolute atomic E-state index is 0.0320. The zero-order chi connectivity index (χ0) is 36.9. The Morgan fingerprint density at radius 2 is 1.88 bits per heavy atom. The number of hydrogen-bond acceptors (Lipinski definition) is 9. The summed E-state index contributed by atoms with van der Waals surface area (Å²) in [6.07, 6.45) is -1.93. The number of carbonyl (C=O) groups excluding carboxylic acids is 3. The SMILES string of the molecule is CC1(S(=O)(=O)NC(=O)[C@@]23C[C@H]2/C=C\CCCCC[C@H](NC(=O)O)C(=O)N2C[C@H](Oc4nc5c(F)cccc5nc4C(F)(F)F)C[C@H]2C(=O)N3)CC1. The number of benzene rings is 1. The van der Waals surface area contributed by atoms with Crippen LogP contribution in [0.2, 0.25) is 0 Å². The number of nitrogens with one attached hydrogen (secondary N) is 3. The number of rotatable bonds is 6. The maximum atomic E-state index is 14.6. The molecule has 2 saturated carbocycles. The van der Waals surface area contributed by atoms with E-state index in [0.717, 1.165) is 23.1 Å². The molecule has 2 aliphatic carbocycles. The molecule has 19 heteroatoms. The lowest BCUT2D eigenvalue weighted by molar-refractivity contribution is -0.143. The summed E-state index contributed by atoms with van der Waals surface area (Å²) in [4.78, 5) is 61.5. The van der Waals surface area contributed by atoms with Gasteiger partial charge in [0.1, 0.15) is 29.2 Å². The van der Waals surface area contributed by atoms with Crippen LogP contribution in [0, 0.1) is 11.7 Å². The highest BCUT2D eigenvalue weighted by molar-refractivity contribution is 7.91. The average molecular weight is 741 g/mol. The molecule has 1 saturated heterocycles. The van der Waals surface area contributed by atoms with Crippen molar-refractivity contribution in [3.05, 3.63) is 41.9 Å². The lowest BCUT2D eigenvalue weighted by atomic mass is 10.1. The number of hydrogen-bond donors (Lipinski definition) is 4. The van der Waals surface area contributed by atoms with Crippen LogP contribution in [0.1, 0.15) is 70.4 Å². The van der Waals surface area contributed by atoms with Crippen LogP contribution >= 0.6 is 0 Å². The highest BCUT2D eigenvalue weighted by atomic mass is 32.2. The number of carbonyl (C=O) groups is 4. The molecule has 14 nitrogen and oxygen atoms in total. The van der Waals surface area contributed by atoms with Crippen molar-refractivity contribution in [2.24, 2.45) is 5.92 Å². The molecule has 2 aromatic rings. The summed E-state index contributed by atoms with van der Waals surface area (Å²) >= 11 is 0. The van der Waals surface area contributed by atoms with Crippen molar-refractivity contribution in [3.63, 3.8) is 0 Å². The summed E-state index contributed by atoms with van der Waals surface area (Å²) in [5.41, 5.74) is -4.19. The lowest BCUT2D eigenvalue weighted by Gasteiger charge is -2.29. The Kier molecular flexibility index (Phi) is 9.39. The Balaban J connectivity index is 1.34. The van der Waals surface area contributed by atoms with Crippen molar-refractivity contribution in [1.29, 1.82) is 0 Å². The van der Waals surface area contributed by atoms with E-state index < -0.39 is 110 Å². The van der Waals surface area contributed by atoms with E-state index in [4.69, 9.17) is 4.74 Å². The van der Waals surface area contributed by atoms with Crippen molar-refractivity contribution >= 4 is 44.9 Å². The van der Waals surface area contributed by atoms with Crippen LogP contribution < -0.4 is 20.1 Å². The third kappa shape index (κ3) is 7.30. The van der Waals surface area contributed by atoms with Gasteiger partial charge in [-0.15, -0.1) is 0 Å². The van der Waals surface area contributed by atoms with E-state index >= 15 is 0 Å². The first-order chi connectivity index (χ1) is 23.9. The van der Waals surface area contributed by atoms with E-state index in [2.05, 4.69) is 25.3 Å². The molecule has 276 valence electrons. The molecule has 1 aromatic heterocycles. The van der Waals surface area contributed by atoms with Gasteiger partial charge in [0.2, 0.25) is 33.4 Å². The quantitative estimate of drug-likeness (QED) is 0.252. The number of allylic oxidation sites excluding steroid dienone is 1. The Morgan fingerprint density at radius 3 is 2.57 bits per heavy atom. The molecule has 4 aliphatic rings. The smallest absolute Gasteiger partial charge is 0.438 e. The molecule has 1 aromatic carbocycles. The van der Waals surface area contributed by atoms with Gasteiger partial charge >= 0.3 is 12.3 Å². The van der Waals surface area contributed by atoms with Crippen LogP contribution in [0.25, 0.3) is 11.0 Å². The van der Waals surface area contributed by atoms with Crippen LogP contribution in [0.5, 0.6) is 5.88 Å². The summed E-state index contributed by atoms with van der Waals surface area (Å²) in [7, 11) is -4.11. The number of fused-ring (bicyclic) bond motifs is 3. The highest BCUT2D eigenvalue weighted by Crippen LogP contribution is 2.47. The van der Waals surface area contributed by atoms with E-state index in [0.29, 0.717) is 38.5 Å². The normalized spacial score (nSPS) is 28.7. The third-order valence-electron chi connectivity index (χ3n) is 9.93. The molecule has 0 unspecified atom stereocenters. The van der Waals surface area contributed by atoms with Gasteiger partial charge in [0.15, 0.2) is 5.82 Å². The van der Waals surface area contributed by atoms with Crippen LogP contribution in [0.15, 0.2) is 30.4 Å². The van der Waals surface area contributed by atoms with Gasteiger partial charge in [-0.3, -0.25) is 19.1 Å². The molecule has 5 atom stereocenters. The first-order valence-electron chi connectivity index (χ1n) is 16.5. The Morgan fingerprint density at radius 1 is 1.14 bits per heavy atom. The Labute approximate surface area is 289 Å². The molecule has 4 amide bonds. The molecule has 3 fully saturated rings. The highest BCUT2D eigenvalue weighted by Gasteiger charge is 2.63. The minimum Gasteiger partial charge on any atom is -0.471 e. The first kappa shape index (κ1) is 36.2. The number of ether oxygens (including phenoxy) is 1. The molecule has 3 heterocycles. The van der Waals surface area contributed by atoms with E-state index in [9.17, 15) is 50.3 Å². The fourth-order valence-corrected chi connectivity index (χ4v) is 7.86. The third-order valence-corrected chi connectivity index (χ3v) is 12.1. The monoisotopic (exact) mass is 740 g/mol. The summed E-state index contributed by atoms with van der Waals surface area (Å²) in [5, 5.41) is 14.3. The van der Waals surface area contributed by atoms with E-state index in [-0.39, 0.29) is 18.4 Å². The lowest BCUT2D eigenvalue weighted by Crippen LogP contribution is -2.58. The molecule has 51 heavy (non-hydrogen) atoms. The molecule has 4 N–H and O–H groups in total. The summed E-state index contributed by atoms with van der Waals surface area (Å²) in [6, 6.07) is 0.431. The second-order valence-corrected chi connectivity index (χ2v) is 15.9. The number of amides is 4. The van der Waals surface area contributed by atoms with Gasteiger partial charge < -0.3 is 25.4 Å². The molecule has 0 radical (unpaired) electrons. The maximum absolute atomic E-state index is 14.6. The van der Waals surface area contributed by atoms with Gasteiger partial charge in [-0.05, 0) is 57.6 Å². The van der Waals surface area contributed by atoms with Gasteiger partial charge in [-0.2, -0.15) is 13.2 Å². The molecule has 0 bridgehead atoms. The van der Waals surface area contributed by atoms with Gasteiger partial charge in [0, 0.05) is 12.3 Å². The number of sulfonamides is 1. The molecule has 2 aliphatic heterocycles. The summed E-state index contributed by atoms with van der Waals surface area (Å²) < 4.78 is 89.5. The number of carboxylic acid groups (broad SMARTS) is 1. The predicted octanol–water partition coefficient (Wildman–Crippen LogP) is 3.17. The maximum Gasteiger partial charge on any atom is 0.438 e. The molecule has 0 spiro atoms. The second kappa shape index (κ2) is 13.2. The fourth-order valence-electron chi connectivity index (χ4n) is 6.55. The van der Waals surface area contributed by atoms with E-state index in [1.54, 1.807) is 12.2 Å². The van der Waals surface area contributed by atoms with Gasteiger partial charge in [-0.25, -0.2) is 27.6 Å². The van der Waals surface area contributed by atoms with Gasteiger partial charge in [-0.1, -0.05) is 31.1 Å². The Hall–Kier alpha value is -4.55. The standard InChI is InChI=1S/C32H36F4N6O8S/c1-30(12-13-30)51(48,49)41-28(45)31-15-17(31)8-5-3-2-4-6-10-21(38-29(46)47)27(44)42-16-18(14-22(42)25(43)40-31)50-26-24(32(34,35)36)37-20-11-7-9-19(33)23(20)39-26/h5,7-9,11,17-18,21-22,38H,2-4,6,10,12-16H2,1H3,(H,40,43)(H,41,45)(H,46,47)/b8-5-/t17-,18-,21+,22+,31-/m1/s1. The van der Waals surface area contributed by atoms with Crippen LogP contribution in [-0.4, -0.2) is 87.2 Å². The molecule has 6 rings (SSSR count). The Bertz CT molecular complexity index is 1910. The van der Waals surface area contributed by atoms with Crippen molar-refractivity contribution < 1.29 is 55.0 Å². The number of halogens is 4. The molecular weight excluding hydrogens is 704 g/mol. The van der Waals surface area contributed by atoms with Crippen LogP contribution in [0.3, 0.4) is 0 Å². The number of alkyl halides is 3. The first-order valence-corrected chi connectivity index (χ1v) is 18.0. The summed E-state index contributed by atoms with van der Waals surface area (Å²) in [5.74, 6) is -5.44. The number of para-hydroxylation sites is 1. The zero-order valence-corrected chi connectivity index (χ0v) is 28.2. The average Bonchev–Trinajstić information content (AvgIpc) is 3.92. The van der Waals surface area contributed by atoms with Crippen LogP contribution in [-0.2, 0) is 30.6 Å². The van der Waals surface area contributed by atoms with Crippen LogP contribution in [0.4, 0.5) is 22.4 Å². The van der Waals surface area contributed by atoms with E-state index in [1.807, 2.05) is 0 Å².